The molecule has 3 aromatic rings. The first kappa shape index (κ1) is 20.5. The lowest BCUT2D eigenvalue weighted by Gasteiger charge is -2.14. The van der Waals surface area contributed by atoms with Crippen molar-refractivity contribution >= 4 is 11.7 Å². The maximum Gasteiger partial charge on any atom is 0.416 e. The number of nitrogens with two attached hydrogens (primary N) is 1. The zero-order valence-corrected chi connectivity index (χ0v) is 15.8. The van der Waals surface area contributed by atoms with E-state index in [1.54, 1.807) is 24.3 Å². The summed E-state index contributed by atoms with van der Waals surface area (Å²) in [5, 5.41) is 8.98. The molecule has 0 unspecified atom stereocenters. The van der Waals surface area contributed by atoms with Crippen molar-refractivity contribution in [2.45, 2.75) is 25.9 Å². The van der Waals surface area contributed by atoms with Crippen molar-refractivity contribution in [3.8, 4) is 22.3 Å². The van der Waals surface area contributed by atoms with Crippen LogP contribution in [0.4, 0.5) is 18.9 Å². The summed E-state index contributed by atoms with van der Waals surface area (Å²) in [6.07, 6.45) is -4.07. The molecule has 29 heavy (non-hydrogen) atoms. The van der Waals surface area contributed by atoms with Crippen LogP contribution in [0.25, 0.3) is 22.3 Å². The average Bonchev–Trinajstić information content (AvgIpc) is 2.66. The van der Waals surface area contributed by atoms with E-state index in [-0.39, 0.29) is 6.42 Å². The third-order valence-corrected chi connectivity index (χ3v) is 4.78. The Bertz CT molecular complexity index is 1060. The van der Waals surface area contributed by atoms with Crippen molar-refractivity contribution in [2.24, 2.45) is 0 Å². The van der Waals surface area contributed by atoms with Gasteiger partial charge in [-0.05, 0) is 71.0 Å². The number of hydrogen-bond donors (Lipinski definition) is 2. The van der Waals surface area contributed by atoms with E-state index in [1.807, 2.05) is 25.1 Å². The monoisotopic (exact) mass is 399 g/mol. The summed E-state index contributed by atoms with van der Waals surface area (Å²) in [4.78, 5) is 10.9. The van der Waals surface area contributed by atoms with Gasteiger partial charge in [-0.1, -0.05) is 36.4 Å². The molecule has 0 aromatic heterocycles. The number of carbonyl (C=O) groups is 1. The number of halogens is 3. The van der Waals surface area contributed by atoms with Crippen LogP contribution in [0, 0.1) is 6.92 Å². The number of benzene rings is 3. The van der Waals surface area contributed by atoms with Gasteiger partial charge >= 0.3 is 12.1 Å². The zero-order valence-electron chi connectivity index (χ0n) is 15.8. The number of anilines is 1. The predicted molar refractivity (Wildman–Crippen MR) is 107 cm³/mol. The van der Waals surface area contributed by atoms with E-state index in [9.17, 15) is 18.0 Å². The predicted octanol–water partition coefficient (Wildman–Crippen LogP) is 5.95. The van der Waals surface area contributed by atoms with Gasteiger partial charge in [0.15, 0.2) is 0 Å². The molecule has 0 bridgehead atoms. The molecule has 0 aliphatic heterocycles. The van der Waals surface area contributed by atoms with E-state index in [4.69, 9.17) is 10.8 Å². The van der Waals surface area contributed by atoms with Gasteiger partial charge < -0.3 is 10.8 Å². The minimum Gasteiger partial charge on any atom is -0.481 e. The molecule has 0 saturated heterocycles. The second kappa shape index (κ2) is 7.99. The number of hydrogen-bond acceptors (Lipinski definition) is 2. The van der Waals surface area contributed by atoms with Crippen LogP contribution in [0.3, 0.4) is 0 Å². The first-order chi connectivity index (χ1) is 13.6. The molecular formula is C23H20F3NO2. The van der Waals surface area contributed by atoms with Crippen LogP contribution in [-0.4, -0.2) is 11.1 Å². The number of nitrogen functional groups attached to an aromatic ring is 1. The van der Waals surface area contributed by atoms with E-state index in [0.717, 1.165) is 34.4 Å². The normalized spacial score (nSPS) is 11.4. The molecule has 3 nitrogen and oxygen atoms in total. The largest absolute Gasteiger partial charge is 0.481 e. The highest BCUT2D eigenvalue weighted by atomic mass is 19.4. The molecule has 0 aliphatic carbocycles. The van der Waals surface area contributed by atoms with Crippen LogP contribution in [0.2, 0.25) is 0 Å². The van der Waals surface area contributed by atoms with E-state index in [1.165, 1.54) is 6.07 Å². The Morgan fingerprint density at radius 2 is 1.66 bits per heavy atom. The first-order valence-corrected chi connectivity index (χ1v) is 9.04. The quantitative estimate of drug-likeness (QED) is 0.521. The molecule has 6 heteroatoms. The molecule has 3 rings (SSSR count). The lowest BCUT2D eigenvalue weighted by molar-refractivity contribution is -0.138. The number of carboxylic acid groups (broad SMARTS) is 1. The number of carboxylic acids is 1. The Hall–Kier alpha value is -3.28. The van der Waals surface area contributed by atoms with Crippen LogP contribution in [0.5, 0.6) is 0 Å². The molecule has 0 heterocycles. The van der Waals surface area contributed by atoms with Gasteiger partial charge in [-0.2, -0.15) is 13.2 Å². The summed E-state index contributed by atoms with van der Waals surface area (Å²) in [5.41, 5.74) is 10.3. The van der Waals surface area contributed by atoms with E-state index >= 15 is 0 Å². The van der Waals surface area contributed by atoms with Gasteiger partial charge in [0.2, 0.25) is 0 Å². The van der Waals surface area contributed by atoms with E-state index in [0.29, 0.717) is 23.2 Å². The lowest BCUT2D eigenvalue weighted by atomic mass is 9.91. The highest BCUT2D eigenvalue weighted by Crippen LogP contribution is 2.35. The van der Waals surface area contributed by atoms with Crippen molar-refractivity contribution in [3.63, 3.8) is 0 Å². The van der Waals surface area contributed by atoms with E-state index in [2.05, 4.69) is 0 Å². The molecule has 0 fully saturated rings. The smallest absolute Gasteiger partial charge is 0.416 e. The first-order valence-electron chi connectivity index (χ1n) is 9.04. The van der Waals surface area contributed by atoms with Crippen LogP contribution >= 0.6 is 0 Å². The topological polar surface area (TPSA) is 63.3 Å². The second-order valence-electron chi connectivity index (χ2n) is 6.92. The molecule has 3 aromatic carbocycles. The zero-order chi connectivity index (χ0) is 21.2. The Morgan fingerprint density at radius 3 is 2.31 bits per heavy atom. The second-order valence-corrected chi connectivity index (χ2v) is 6.92. The molecule has 0 atom stereocenters. The van der Waals surface area contributed by atoms with Gasteiger partial charge in [0, 0.05) is 12.1 Å². The molecule has 0 aliphatic rings. The van der Waals surface area contributed by atoms with Crippen LogP contribution in [0.1, 0.15) is 23.1 Å². The van der Waals surface area contributed by atoms with Crippen molar-refractivity contribution in [3.05, 3.63) is 77.4 Å². The molecule has 150 valence electrons. The van der Waals surface area contributed by atoms with Crippen molar-refractivity contribution in [1.29, 1.82) is 0 Å². The number of rotatable bonds is 5. The Labute approximate surface area is 166 Å². The molecular weight excluding hydrogens is 379 g/mol. The highest BCUT2D eigenvalue weighted by Gasteiger charge is 2.30. The van der Waals surface area contributed by atoms with Gasteiger partial charge in [0.1, 0.15) is 0 Å². The number of aryl methyl sites for hydroxylation is 2. The summed E-state index contributed by atoms with van der Waals surface area (Å²) < 4.78 is 39.1. The molecule has 0 saturated carbocycles. The van der Waals surface area contributed by atoms with Crippen LogP contribution < -0.4 is 5.73 Å². The minimum absolute atomic E-state index is 0.0161. The summed E-state index contributed by atoms with van der Waals surface area (Å²) in [7, 11) is 0. The fourth-order valence-electron chi connectivity index (χ4n) is 3.36. The van der Waals surface area contributed by atoms with Gasteiger partial charge in [-0.25, -0.2) is 0 Å². The summed E-state index contributed by atoms with van der Waals surface area (Å²) in [6.45, 7) is 1.84. The lowest BCUT2D eigenvalue weighted by Crippen LogP contribution is -2.04. The fourth-order valence-corrected chi connectivity index (χ4v) is 3.36. The Kier molecular flexibility index (Phi) is 5.64. The Balaban J connectivity index is 2.00. The maximum absolute atomic E-state index is 13.0. The Morgan fingerprint density at radius 1 is 0.966 bits per heavy atom. The number of aliphatic carboxylic acids is 1. The SMILES string of the molecule is Cc1cc(-c2ccc(N)cc2CCC(=O)O)ccc1-c1cccc(C(F)(F)F)c1. The summed E-state index contributed by atoms with van der Waals surface area (Å²) >= 11 is 0. The van der Waals surface area contributed by atoms with Crippen molar-refractivity contribution in [1.82, 2.24) is 0 Å². The van der Waals surface area contributed by atoms with Gasteiger partial charge in [0.05, 0.1) is 5.56 Å². The van der Waals surface area contributed by atoms with Crippen LogP contribution in [-0.2, 0) is 17.4 Å². The molecule has 3 N–H and O–H groups in total. The third-order valence-electron chi connectivity index (χ3n) is 4.78. The average molecular weight is 399 g/mol. The highest BCUT2D eigenvalue weighted by molar-refractivity contribution is 5.77. The maximum atomic E-state index is 13.0. The summed E-state index contributed by atoms with van der Waals surface area (Å²) in [5.74, 6) is -0.894. The summed E-state index contributed by atoms with van der Waals surface area (Å²) in [6, 6.07) is 16.1. The van der Waals surface area contributed by atoms with Crippen molar-refractivity contribution in [2.75, 3.05) is 5.73 Å². The molecule has 0 spiro atoms. The van der Waals surface area contributed by atoms with Crippen molar-refractivity contribution < 1.29 is 23.1 Å². The van der Waals surface area contributed by atoms with Gasteiger partial charge in [0.25, 0.3) is 0 Å². The van der Waals surface area contributed by atoms with Gasteiger partial charge in [-0.15, -0.1) is 0 Å². The molecule has 0 radical (unpaired) electrons. The third kappa shape index (κ3) is 4.77. The minimum atomic E-state index is -4.40. The standard InChI is InChI=1S/C23H20F3NO2/c1-14-11-16(21-9-7-19(27)13-17(21)6-10-22(28)29)5-8-20(14)15-3-2-4-18(12-15)23(24,25)26/h2-5,7-9,11-13H,6,10,27H2,1H3,(H,28,29). The number of alkyl halides is 3. The fraction of sp³-hybridized carbons (Fsp3) is 0.174. The van der Waals surface area contributed by atoms with E-state index < -0.39 is 17.7 Å². The molecule has 0 amide bonds. The van der Waals surface area contributed by atoms with Gasteiger partial charge in [-0.3, -0.25) is 4.79 Å². The van der Waals surface area contributed by atoms with Crippen LogP contribution in [0.15, 0.2) is 60.7 Å².